The molecule has 0 fully saturated rings. The summed E-state index contributed by atoms with van der Waals surface area (Å²) in [6.07, 6.45) is 1.63. The number of hydrogen-bond donors (Lipinski definition) is 1. The number of benzene rings is 2. The zero-order chi connectivity index (χ0) is 19.6. The van der Waals surface area contributed by atoms with E-state index in [0.717, 1.165) is 11.1 Å². The number of aromatic amines is 1. The SMILES string of the molecule is Cc1ccc(S(=O)(=O)N(C)c2ccc(OC(=O)c3ccc[nH]3)cc2)cc1C. The van der Waals surface area contributed by atoms with Gasteiger partial charge in [-0.2, -0.15) is 0 Å². The van der Waals surface area contributed by atoms with E-state index < -0.39 is 16.0 Å². The molecule has 1 heterocycles. The number of sulfonamides is 1. The first-order valence-corrected chi connectivity index (χ1v) is 9.75. The van der Waals surface area contributed by atoms with Gasteiger partial charge in [0, 0.05) is 13.2 Å². The lowest BCUT2D eigenvalue weighted by molar-refractivity contribution is 0.0729. The molecule has 27 heavy (non-hydrogen) atoms. The number of aryl methyl sites for hydroxylation is 2. The van der Waals surface area contributed by atoms with E-state index in [1.54, 1.807) is 60.8 Å². The zero-order valence-electron chi connectivity index (χ0n) is 15.3. The van der Waals surface area contributed by atoms with Crippen molar-refractivity contribution in [3.8, 4) is 5.75 Å². The summed E-state index contributed by atoms with van der Waals surface area (Å²) in [7, 11) is -2.19. The number of carbonyl (C=O) groups is 1. The van der Waals surface area contributed by atoms with Gasteiger partial charge in [0.1, 0.15) is 11.4 Å². The van der Waals surface area contributed by atoms with E-state index in [1.807, 2.05) is 13.8 Å². The second-order valence-corrected chi connectivity index (χ2v) is 8.16. The van der Waals surface area contributed by atoms with E-state index in [0.29, 0.717) is 17.1 Å². The van der Waals surface area contributed by atoms with Crippen molar-refractivity contribution in [3.63, 3.8) is 0 Å². The van der Waals surface area contributed by atoms with E-state index in [1.165, 1.54) is 11.4 Å². The summed E-state index contributed by atoms with van der Waals surface area (Å²) in [6.45, 7) is 3.81. The number of nitrogens with one attached hydrogen (secondary N) is 1. The Hall–Kier alpha value is -3.06. The topological polar surface area (TPSA) is 79.5 Å². The van der Waals surface area contributed by atoms with Gasteiger partial charge in [-0.25, -0.2) is 13.2 Å². The lowest BCUT2D eigenvalue weighted by atomic mass is 10.1. The molecule has 0 saturated heterocycles. The van der Waals surface area contributed by atoms with Gasteiger partial charge in [-0.3, -0.25) is 4.31 Å². The molecule has 1 aromatic heterocycles. The van der Waals surface area contributed by atoms with Crippen LogP contribution in [0.4, 0.5) is 5.69 Å². The Morgan fingerprint density at radius 1 is 1.00 bits per heavy atom. The second kappa shape index (κ2) is 7.28. The van der Waals surface area contributed by atoms with Crippen LogP contribution < -0.4 is 9.04 Å². The van der Waals surface area contributed by atoms with Crippen LogP contribution in [-0.4, -0.2) is 26.4 Å². The molecule has 3 aromatic rings. The molecule has 6 nitrogen and oxygen atoms in total. The fraction of sp³-hybridized carbons (Fsp3) is 0.150. The van der Waals surface area contributed by atoms with Crippen LogP contribution in [0.5, 0.6) is 5.75 Å². The predicted molar refractivity (Wildman–Crippen MR) is 104 cm³/mol. The predicted octanol–water partition coefficient (Wildman–Crippen LogP) is 3.68. The Morgan fingerprint density at radius 2 is 1.70 bits per heavy atom. The van der Waals surface area contributed by atoms with Crippen LogP contribution in [-0.2, 0) is 10.0 Å². The molecule has 3 rings (SSSR count). The van der Waals surface area contributed by atoms with Gasteiger partial charge in [-0.05, 0) is 73.5 Å². The van der Waals surface area contributed by atoms with Gasteiger partial charge in [0.15, 0.2) is 0 Å². The van der Waals surface area contributed by atoms with Gasteiger partial charge in [0.2, 0.25) is 0 Å². The van der Waals surface area contributed by atoms with Crippen molar-refractivity contribution in [1.29, 1.82) is 0 Å². The highest BCUT2D eigenvalue weighted by Gasteiger charge is 2.22. The van der Waals surface area contributed by atoms with E-state index in [2.05, 4.69) is 4.98 Å². The molecule has 0 amide bonds. The summed E-state index contributed by atoms with van der Waals surface area (Å²) in [5, 5.41) is 0. The van der Waals surface area contributed by atoms with Crippen molar-refractivity contribution >= 4 is 21.7 Å². The zero-order valence-corrected chi connectivity index (χ0v) is 16.1. The lowest BCUT2D eigenvalue weighted by Gasteiger charge is -2.20. The second-order valence-electron chi connectivity index (χ2n) is 6.19. The summed E-state index contributed by atoms with van der Waals surface area (Å²) in [6, 6.07) is 14.7. The van der Waals surface area contributed by atoms with E-state index in [-0.39, 0.29) is 4.90 Å². The number of nitrogens with zero attached hydrogens (tertiary/aromatic N) is 1. The molecule has 7 heteroatoms. The lowest BCUT2D eigenvalue weighted by Crippen LogP contribution is -2.26. The van der Waals surface area contributed by atoms with Crippen LogP contribution >= 0.6 is 0 Å². The highest BCUT2D eigenvalue weighted by Crippen LogP contribution is 2.25. The van der Waals surface area contributed by atoms with Gasteiger partial charge in [0.05, 0.1) is 10.6 Å². The first-order chi connectivity index (χ1) is 12.8. The van der Waals surface area contributed by atoms with E-state index >= 15 is 0 Å². The third kappa shape index (κ3) is 3.88. The summed E-state index contributed by atoms with van der Waals surface area (Å²) >= 11 is 0. The van der Waals surface area contributed by atoms with Crippen molar-refractivity contribution in [2.75, 3.05) is 11.4 Å². The van der Waals surface area contributed by atoms with Crippen molar-refractivity contribution in [2.45, 2.75) is 18.7 Å². The first-order valence-electron chi connectivity index (χ1n) is 8.31. The minimum atomic E-state index is -3.68. The number of rotatable bonds is 5. The molecular formula is C20H20N2O4S. The molecule has 0 atom stereocenters. The maximum atomic E-state index is 12.9. The Kier molecular flexibility index (Phi) is 5.05. The number of anilines is 1. The largest absolute Gasteiger partial charge is 0.422 e. The number of ether oxygens (including phenoxy) is 1. The fourth-order valence-corrected chi connectivity index (χ4v) is 3.80. The Bertz CT molecular complexity index is 1060. The molecule has 0 spiro atoms. The van der Waals surface area contributed by atoms with Crippen LogP contribution in [0.1, 0.15) is 21.6 Å². The summed E-state index contributed by atoms with van der Waals surface area (Å²) in [5.74, 6) is -0.181. The van der Waals surface area contributed by atoms with Gasteiger partial charge >= 0.3 is 5.97 Å². The van der Waals surface area contributed by atoms with Crippen LogP contribution in [0.2, 0.25) is 0 Å². The fourth-order valence-electron chi connectivity index (χ4n) is 2.51. The van der Waals surface area contributed by atoms with Crippen molar-refractivity contribution in [3.05, 3.63) is 77.6 Å². The molecule has 0 aliphatic heterocycles. The number of esters is 1. The number of hydrogen-bond acceptors (Lipinski definition) is 4. The summed E-state index contributed by atoms with van der Waals surface area (Å²) in [4.78, 5) is 14.9. The summed E-state index contributed by atoms with van der Waals surface area (Å²) in [5.41, 5.74) is 2.75. The molecule has 0 saturated carbocycles. The Balaban J connectivity index is 1.79. The van der Waals surface area contributed by atoms with Crippen molar-refractivity contribution in [1.82, 2.24) is 4.98 Å². The monoisotopic (exact) mass is 384 g/mol. The number of H-pyrrole nitrogens is 1. The molecule has 0 aliphatic carbocycles. The van der Waals surface area contributed by atoms with Gasteiger partial charge in [0.25, 0.3) is 10.0 Å². The summed E-state index contributed by atoms with van der Waals surface area (Å²) < 4.78 is 32.2. The smallest absolute Gasteiger partial charge is 0.360 e. The first kappa shape index (κ1) is 18.7. The molecular weight excluding hydrogens is 364 g/mol. The van der Waals surface area contributed by atoms with Crippen LogP contribution in [0, 0.1) is 13.8 Å². The molecule has 0 aliphatic rings. The molecule has 140 valence electrons. The van der Waals surface area contributed by atoms with Gasteiger partial charge < -0.3 is 9.72 Å². The van der Waals surface area contributed by atoms with Crippen molar-refractivity contribution in [2.24, 2.45) is 0 Å². The maximum absolute atomic E-state index is 12.9. The third-order valence-corrected chi connectivity index (χ3v) is 6.15. The van der Waals surface area contributed by atoms with Crippen LogP contribution in [0.3, 0.4) is 0 Å². The van der Waals surface area contributed by atoms with Crippen LogP contribution in [0.25, 0.3) is 0 Å². The molecule has 2 aromatic carbocycles. The van der Waals surface area contributed by atoms with Crippen LogP contribution in [0.15, 0.2) is 65.7 Å². The highest BCUT2D eigenvalue weighted by atomic mass is 32.2. The Morgan fingerprint density at radius 3 is 2.30 bits per heavy atom. The Labute approximate surface area is 158 Å². The highest BCUT2D eigenvalue weighted by molar-refractivity contribution is 7.92. The van der Waals surface area contributed by atoms with Gasteiger partial charge in [-0.1, -0.05) is 6.07 Å². The molecule has 1 N–H and O–H groups in total. The molecule has 0 radical (unpaired) electrons. The average Bonchev–Trinajstić information content (AvgIpc) is 3.19. The molecule has 0 unspecified atom stereocenters. The van der Waals surface area contributed by atoms with Gasteiger partial charge in [-0.15, -0.1) is 0 Å². The minimum absolute atomic E-state index is 0.232. The van der Waals surface area contributed by atoms with E-state index in [4.69, 9.17) is 4.74 Å². The van der Waals surface area contributed by atoms with E-state index in [9.17, 15) is 13.2 Å². The quantitative estimate of drug-likeness (QED) is 0.538. The van der Waals surface area contributed by atoms with Crippen molar-refractivity contribution < 1.29 is 17.9 Å². The normalized spacial score (nSPS) is 11.2. The average molecular weight is 384 g/mol. The minimum Gasteiger partial charge on any atom is -0.422 e. The number of carbonyl (C=O) groups excluding carboxylic acids is 1. The standard InChI is InChI=1S/C20H20N2O4S/c1-14-6-11-18(13-15(14)2)27(24,25)22(3)16-7-9-17(10-8-16)26-20(23)19-5-4-12-21-19/h4-13,21H,1-3H3. The number of aromatic nitrogens is 1. The maximum Gasteiger partial charge on any atom is 0.360 e. The third-order valence-electron chi connectivity index (χ3n) is 4.37. The molecule has 0 bridgehead atoms.